The van der Waals surface area contributed by atoms with E-state index in [4.69, 9.17) is 15.7 Å². The number of nitrogens with zero attached hydrogens (tertiary/aromatic N) is 6. The topological polar surface area (TPSA) is 64.8 Å². The molecule has 2 aromatic heterocycles. The molecule has 204 valence electrons. The predicted octanol–water partition coefficient (Wildman–Crippen LogP) is 4.53. The van der Waals surface area contributed by atoms with Gasteiger partial charge in [0.2, 0.25) is 5.95 Å². The average Bonchev–Trinajstić information content (AvgIpc) is 3.55. The lowest BCUT2D eigenvalue weighted by Crippen LogP contribution is -2.45. The highest BCUT2D eigenvalue weighted by atomic mass is 32.1. The van der Waals surface area contributed by atoms with Crippen molar-refractivity contribution in [1.82, 2.24) is 19.8 Å². The number of thiophene rings is 1. The number of benzene rings is 1. The van der Waals surface area contributed by atoms with Gasteiger partial charge < -0.3 is 25.3 Å². The Hall–Kier alpha value is -2.26. The first kappa shape index (κ1) is 26.0. The average molecular weight is 534 g/mol. The molecule has 0 saturated carbocycles. The number of piperidine rings is 1. The molecule has 2 atom stereocenters. The van der Waals surface area contributed by atoms with E-state index in [1.54, 1.807) is 11.3 Å². The number of rotatable bonds is 7. The summed E-state index contributed by atoms with van der Waals surface area (Å²) in [6, 6.07) is 11.7. The summed E-state index contributed by atoms with van der Waals surface area (Å²) in [5, 5.41) is 3.50. The molecule has 3 fully saturated rings. The zero-order valence-electron chi connectivity index (χ0n) is 23.1. The molecular formula is C30H43N7S. The van der Waals surface area contributed by atoms with Crippen LogP contribution in [-0.2, 0) is 0 Å². The summed E-state index contributed by atoms with van der Waals surface area (Å²) in [6.45, 7) is 7.38. The molecule has 0 aliphatic carbocycles. The van der Waals surface area contributed by atoms with Gasteiger partial charge in [-0.1, -0.05) is 30.3 Å². The molecule has 0 amide bonds. The second kappa shape index (κ2) is 11.5. The molecule has 3 aliphatic heterocycles. The minimum Gasteiger partial charge on any atom is -0.356 e. The van der Waals surface area contributed by atoms with Crippen molar-refractivity contribution in [2.24, 2.45) is 11.7 Å². The van der Waals surface area contributed by atoms with Gasteiger partial charge in [-0.3, -0.25) is 0 Å². The molecule has 3 aliphatic rings. The van der Waals surface area contributed by atoms with E-state index in [0.717, 1.165) is 68.7 Å². The fraction of sp³-hybridized carbons (Fsp3) is 0.600. The summed E-state index contributed by atoms with van der Waals surface area (Å²) in [5.41, 5.74) is 9.18. The third-order valence-corrected chi connectivity index (χ3v) is 9.94. The number of piperazine rings is 1. The van der Waals surface area contributed by atoms with Crippen molar-refractivity contribution in [2.45, 2.75) is 50.6 Å². The van der Waals surface area contributed by atoms with E-state index in [1.165, 1.54) is 48.7 Å². The molecule has 1 aromatic carbocycles. The number of aromatic nitrogens is 2. The minimum atomic E-state index is 0.313. The predicted molar refractivity (Wildman–Crippen MR) is 160 cm³/mol. The lowest BCUT2D eigenvalue weighted by atomic mass is 9.88. The van der Waals surface area contributed by atoms with Crippen molar-refractivity contribution in [3.8, 4) is 11.1 Å². The maximum absolute atomic E-state index is 6.68. The van der Waals surface area contributed by atoms with Gasteiger partial charge in [-0.15, -0.1) is 11.3 Å². The molecule has 0 radical (unpaired) electrons. The van der Waals surface area contributed by atoms with Gasteiger partial charge >= 0.3 is 0 Å². The highest BCUT2D eigenvalue weighted by molar-refractivity contribution is 7.17. The second-order valence-electron chi connectivity index (χ2n) is 11.8. The van der Waals surface area contributed by atoms with Crippen LogP contribution in [0.4, 0.5) is 11.8 Å². The third-order valence-electron chi connectivity index (χ3n) is 9.07. The van der Waals surface area contributed by atoms with E-state index in [2.05, 4.69) is 69.4 Å². The number of likely N-dealkylation sites (N-methyl/N-ethyl adjacent to an activating group) is 1. The molecule has 3 aromatic rings. The van der Waals surface area contributed by atoms with E-state index in [-0.39, 0.29) is 0 Å². The number of hydrogen-bond acceptors (Lipinski definition) is 8. The molecule has 0 spiro atoms. The van der Waals surface area contributed by atoms with E-state index >= 15 is 0 Å². The number of nitrogens with two attached hydrogens (primary N) is 1. The van der Waals surface area contributed by atoms with Gasteiger partial charge in [-0.25, -0.2) is 4.98 Å². The van der Waals surface area contributed by atoms with Crippen LogP contribution in [-0.4, -0.2) is 91.8 Å². The smallest absolute Gasteiger partial charge is 0.228 e. The van der Waals surface area contributed by atoms with Crippen molar-refractivity contribution in [1.29, 1.82) is 0 Å². The molecule has 0 bridgehead atoms. The highest BCUT2D eigenvalue weighted by Crippen LogP contribution is 2.40. The van der Waals surface area contributed by atoms with Gasteiger partial charge in [0.05, 0.1) is 5.39 Å². The first-order chi connectivity index (χ1) is 18.5. The Morgan fingerprint density at radius 2 is 1.66 bits per heavy atom. The lowest BCUT2D eigenvalue weighted by molar-refractivity contribution is 0.260. The van der Waals surface area contributed by atoms with Crippen molar-refractivity contribution < 1.29 is 0 Å². The summed E-state index contributed by atoms with van der Waals surface area (Å²) in [4.78, 5) is 21.3. The summed E-state index contributed by atoms with van der Waals surface area (Å²) in [6.07, 6.45) is 7.31. The third kappa shape index (κ3) is 5.55. The number of anilines is 2. The Bertz CT molecular complexity index is 1200. The quantitative estimate of drug-likeness (QED) is 0.479. The first-order valence-electron chi connectivity index (χ1n) is 14.5. The molecular weight excluding hydrogens is 490 g/mol. The Labute approximate surface area is 231 Å². The van der Waals surface area contributed by atoms with Crippen molar-refractivity contribution in [2.75, 3.05) is 69.7 Å². The number of hydrogen-bond donors (Lipinski definition) is 1. The van der Waals surface area contributed by atoms with E-state index in [0.29, 0.717) is 18.0 Å². The molecule has 6 rings (SSSR count). The monoisotopic (exact) mass is 533 g/mol. The van der Waals surface area contributed by atoms with E-state index < -0.39 is 0 Å². The van der Waals surface area contributed by atoms with Crippen LogP contribution in [0.2, 0.25) is 0 Å². The van der Waals surface area contributed by atoms with E-state index in [9.17, 15) is 0 Å². The van der Waals surface area contributed by atoms with Crippen molar-refractivity contribution >= 4 is 33.3 Å². The summed E-state index contributed by atoms with van der Waals surface area (Å²) >= 11 is 1.75. The lowest BCUT2D eigenvalue weighted by Gasteiger charge is -2.36. The zero-order chi connectivity index (χ0) is 26.1. The molecule has 2 unspecified atom stereocenters. The molecule has 3 saturated heterocycles. The minimum absolute atomic E-state index is 0.313. The normalized spacial score (nSPS) is 23.0. The van der Waals surface area contributed by atoms with Crippen LogP contribution in [0.25, 0.3) is 21.3 Å². The van der Waals surface area contributed by atoms with Crippen LogP contribution < -0.4 is 15.5 Å². The van der Waals surface area contributed by atoms with Crippen LogP contribution in [0.5, 0.6) is 0 Å². The standard InChI is InChI=1S/C30H43N7S/c1-34-15-17-37(18-16-34)30-32-28(27-26(21-38-29(27)33-30)23-7-4-3-5-8-23)36-13-10-22(11-14-36)19-24(31)20-25-9-6-12-35(25)2/h3-5,7-8,21-22,24-25H,6,9-20,31H2,1-2H3. The fourth-order valence-corrected chi connectivity index (χ4v) is 7.59. The van der Waals surface area contributed by atoms with E-state index in [1.807, 2.05) is 0 Å². The van der Waals surface area contributed by atoms with Gasteiger partial charge in [-0.2, -0.15) is 4.98 Å². The van der Waals surface area contributed by atoms with Gasteiger partial charge in [0.25, 0.3) is 0 Å². The van der Waals surface area contributed by atoms with Crippen LogP contribution in [0, 0.1) is 5.92 Å². The Morgan fingerprint density at radius 1 is 0.895 bits per heavy atom. The van der Waals surface area contributed by atoms with Crippen LogP contribution in [0.15, 0.2) is 35.7 Å². The van der Waals surface area contributed by atoms with Gasteiger partial charge in [0.1, 0.15) is 10.6 Å². The molecule has 7 nitrogen and oxygen atoms in total. The highest BCUT2D eigenvalue weighted by Gasteiger charge is 2.29. The largest absolute Gasteiger partial charge is 0.356 e. The Balaban J connectivity index is 1.22. The maximum Gasteiger partial charge on any atom is 0.228 e. The second-order valence-corrected chi connectivity index (χ2v) is 12.6. The molecule has 5 heterocycles. The maximum atomic E-state index is 6.68. The van der Waals surface area contributed by atoms with Crippen molar-refractivity contribution in [3.05, 3.63) is 35.7 Å². The fourth-order valence-electron chi connectivity index (χ4n) is 6.65. The number of likely N-dealkylation sites (tertiary alicyclic amines) is 1. The van der Waals surface area contributed by atoms with Crippen LogP contribution in [0.3, 0.4) is 0 Å². The molecule has 38 heavy (non-hydrogen) atoms. The van der Waals surface area contributed by atoms with Gasteiger partial charge in [-0.05, 0) is 70.6 Å². The SMILES string of the molecule is CN1CCN(c2nc(N3CCC(CC(N)CC4CCCN4C)CC3)c3c(-c4ccccc4)csc3n2)CC1. The van der Waals surface area contributed by atoms with Gasteiger partial charge in [0.15, 0.2) is 0 Å². The Kier molecular flexibility index (Phi) is 7.84. The summed E-state index contributed by atoms with van der Waals surface area (Å²) in [7, 11) is 4.45. The summed E-state index contributed by atoms with van der Waals surface area (Å²) in [5.74, 6) is 2.73. The summed E-state index contributed by atoms with van der Waals surface area (Å²) < 4.78 is 0. The van der Waals surface area contributed by atoms with Crippen molar-refractivity contribution in [3.63, 3.8) is 0 Å². The number of fused-ring (bicyclic) bond motifs is 1. The van der Waals surface area contributed by atoms with Crippen LogP contribution in [0.1, 0.15) is 38.5 Å². The molecule has 2 N–H and O–H groups in total. The zero-order valence-corrected chi connectivity index (χ0v) is 23.9. The van der Waals surface area contributed by atoms with Gasteiger partial charge in [0, 0.05) is 62.3 Å². The first-order valence-corrected chi connectivity index (χ1v) is 15.4. The Morgan fingerprint density at radius 3 is 2.37 bits per heavy atom. The van der Waals surface area contributed by atoms with Crippen LogP contribution >= 0.6 is 11.3 Å². The molecule has 8 heteroatoms.